The summed E-state index contributed by atoms with van der Waals surface area (Å²) >= 11 is 0. The maximum atomic E-state index is 12.1. The molecule has 1 unspecified atom stereocenters. The molecule has 0 aliphatic rings. The molecule has 0 aromatic heterocycles. The van der Waals surface area contributed by atoms with Crippen molar-refractivity contribution in [3.8, 4) is 17.2 Å². The Bertz CT molecular complexity index is 490. The topological polar surface area (TPSA) is 66.8 Å². The number of Topliss-reactive ketones (excluding diaryl/α,β-unsaturated/α-hetero) is 1. The van der Waals surface area contributed by atoms with Gasteiger partial charge in [-0.1, -0.05) is 19.4 Å². The SMILES string of the molecule is CCC(C)C(=O)c1c(O)cc(OCC=C(C)C)cc1O. The molecule has 0 amide bonds. The Hall–Kier alpha value is -1.97. The molecule has 0 fully saturated rings. The fourth-order valence-corrected chi connectivity index (χ4v) is 1.66. The maximum Gasteiger partial charge on any atom is 0.173 e. The molecule has 0 bridgehead atoms. The van der Waals surface area contributed by atoms with E-state index >= 15 is 0 Å². The summed E-state index contributed by atoms with van der Waals surface area (Å²) in [5.41, 5.74) is 1.08. The highest BCUT2D eigenvalue weighted by Gasteiger charge is 2.22. The number of hydrogen-bond acceptors (Lipinski definition) is 4. The first kappa shape index (κ1) is 16.1. The molecule has 0 heterocycles. The van der Waals surface area contributed by atoms with E-state index in [1.54, 1.807) is 6.92 Å². The lowest BCUT2D eigenvalue weighted by atomic mass is 9.95. The highest BCUT2D eigenvalue weighted by Crippen LogP contribution is 2.34. The van der Waals surface area contributed by atoms with E-state index in [0.29, 0.717) is 18.8 Å². The zero-order valence-corrected chi connectivity index (χ0v) is 12.4. The number of ether oxygens (including phenoxy) is 1. The van der Waals surface area contributed by atoms with Gasteiger partial charge in [-0.2, -0.15) is 0 Å². The second-order valence-electron chi connectivity index (χ2n) is 5.10. The summed E-state index contributed by atoms with van der Waals surface area (Å²) in [6.07, 6.45) is 2.53. The van der Waals surface area contributed by atoms with Crippen molar-refractivity contribution >= 4 is 5.78 Å². The van der Waals surface area contributed by atoms with Crippen molar-refractivity contribution in [1.82, 2.24) is 0 Å². The fourth-order valence-electron chi connectivity index (χ4n) is 1.66. The van der Waals surface area contributed by atoms with Crippen molar-refractivity contribution in [2.75, 3.05) is 6.61 Å². The van der Waals surface area contributed by atoms with Gasteiger partial charge in [0.25, 0.3) is 0 Å². The summed E-state index contributed by atoms with van der Waals surface area (Å²) in [6, 6.07) is 2.71. The predicted molar refractivity (Wildman–Crippen MR) is 78.5 cm³/mol. The number of phenolic OH excluding ortho intramolecular Hbond substituents is 2. The number of benzene rings is 1. The molecule has 2 N–H and O–H groups in total. The van der Waals surface area contributed by atoms with Crippen LogP contribution < -0.4 is 4.74 Å². The van der Waals surface area contributed by atoms with Crippen molar-refractivity contribution in [1.29, 1.82) is 0 Å². The van der Waals surface area contributed by atoms with Crippen molar-refractivity contribution in [3.05, 3.63) is 29.3 Å². The molecular weight excluding hydrogens is 256 g/mol. The predicted octanol–water partition coefficient (Wildman–Crippen LogP) is 3.67. The largest absolute Gasteiger partial charge is 0.507 e. The van der Waals surface area contributed by atoms with E-state index in [2.05, 4.69) is 0 Å². The van der Waals surface area contributed by atoms with Crippen LogP contribution in [-0.4, -0.2) is 22.6 Å². The molecule has 1 atom stereocenters. The van der Waals surface area contributed by atoms with Crippen LogP contribution in [0.5, 0.6) is 17.2 Å². The molecule has 0 radical (unpaired) electrons. The van der Waals surface area contributed by atoms with Crippen LogP contribution in [0.2, 0.25) is 0 Å². The van der Waals surface area contributed by atoms with Crippen LogP contribution in [0, 0.1) is 5.92 Å². The first-order valence-corrected chi connectivity index (χ1v) is 6.73. The Morgan fingerprint density at radius 3 is 2.30 bits per heavy atom. The lowest BCUT2D eigenvalue weighted by Crippen LogP contribution is -2.11. The van der Waals surface area contributed by atoms with Gasteiger partial charge in [0.15, 0.2) is 5.78 Å². The van der Waals surface area contributed by atoms with Crippen molar-refractivity contribution < 1.29 is 19.7 Å². The van der Waals surface area contributed by atoms with Crippen LogP contribution in [0.1, 0.15) is 44.5 Å². The van der Waals surface area contributed by atoms with Crippen LogP contribution in [0.4, 0.5) is 0 Å². The van der Waals surface area contributed by atoms with E-state index < -0.39 is 0 Å². The zero-order valence-electron chi connectivity index (χ0n) is 12.4. The number of carbonyl (C=O) groups is 1. The van der Waals surface area contributed by atoms with Crippen molar-refractivity contribution in [2.45, 2.75) is 34.1 Å². The smallest absolute Gasteiger partial charge is 0.173 e. The number of hydrogen-bond donors (Lipinski definition) is 2. The van der Waals surface area contributed by atoms with Crippen LogP contribution in [0.25, 0.3) is 0 Å². The lowest BCUT2D eigenvalue weighted by molar-refractivity contribution is 0.0921. The highest BCUT2D eigenvalue weighted by molar-refractivity contribution is 6.02. The average Bonchev–Trinajstić information content (AvgIpc) is 2.36. The summed E-state index contributed by atoms with van der Waals surface area (Å²) < 4.78 is 5.39. The molecule has 1 aromatic carbocycles. The van der Waals surface area contributed by atoms with Crippen molar-refractivity contribution in [2.24, 2.45) is 5.92 Å². The summed E-state index contributed by atoms with van der Waals surface area (Å²) in [5, 5.41) is 19.8. The van der Waals surface area contributed by atoms with Gasteiger partial charge in [-0.15, -0.1) is 0 Å². The molecule has 0 saturated carbocycles. The Balaban J connectivity index is 2.97. The number of rotatable bonds is 6. The Labute approximate surface area is 119 Å². The van der Waals surface area contributed by atoms with Gasteiger partial charge in [-0.05, 0) is 26.3 Å². The minimum atomic E-state index is -0.265. The van der Waals surface area contributed by atoms with Gasteiger partial charge in [0.05, 0.1) is 0 Å². The normalized spacial score (nSPS) is 11.8. The fraction of sp³-hybridized carbons (Fsp3) is 0.438. The standard InChI is InChI=1S/C16H22O4/c1-5-11(4)16(19)15-13(17)8-12(9-14(15)18)20-7-6-10(2)3/h6,8-9,11,17-18H,5,7H2,1-4H3. The third-order valence-electron chi connectivity index (χ3n) is 3.12. The quantitative estimate of drug-likeness (QED) is 0.615. The molecule has 4 heteroatoms. The van der Waals surface area contributed by atoms with Gasteiger partial charge in [0, 0.05) is 18.1 Å². The molecule has 0 aliphatic carbocycles. The molecule has 4 nitrogen and oxygen atoms in total. The number of allylic oxidation sites excluding steroid dienone is 1. The van der Waals surface area contributed by atoms with E-state index in [1.165, 1.54) is 12.1 Å². The molecule has 0 saturated heterocycles. The molecule has 110 valence electrons. The monoisotopic (exact) mass is 278 g/mol. The van der Waals surface area contributed by atoms with Gasteiger partial charge in [0.1, 0.15) is 29.4 Å². The molecule has 0 spiro atoms. The number of carbonyl (C=O) groups excluding carboxylic acids is 1. The molecule has 0 aliphatic heterocycles. The molecule has 1 rings (SSSR count). The van der Waals surface area contributed by atoms with Gasteiger partial charge in [-0.25, -0.2) is 0 Å². The number of aromatic hydroxyl groups is 2. The van der Waals surface area contributed by atoms with E-state index in [4.69, 9.17) is 4.74 Å². The third-order valence-corrected chi connectivity index (χ3v) is 3.12. The number of ketones is 1. The first-order chi connectivity index (χ1) is 9.36. The Morgan fingerprint density at radius 2 is 1.85 bits per heavy atom. The summed E-state index contributed by atoms with van der Waals surface area (Å²) in [5.74, 6) is -0.675. The number of phenols is 2. The maximum absolute atomic E-state index is 12.1. The summed E-state index contributed by atoms with van der Waals surface area (Å²) in [6.45, 7) is 7.90. The molecule has 20 heavy (non-hydrogen) atoms. The third kappa shape index (κ3) is 4.02. The van der Waals surface area contributed by atoms with Crippen molar-refractivity contribution in [3.63, 3.8) is 0 Å². The first-order valence-electron chi connectivity index (χ1n) is 6.73. The van der Waals surface area contributed by atoms with Crippen LogP contribution >= 0.6 is 0 Å². The second kappa shape index (κ2) is 6.98. The van der Waals surface area contributed by atoms with Gasteiger partial charge < -0.3 is 14.9 Å². The van der Waals surface area contributed by atoms with Crippen LogP contribution in [0.15, 0.2) is 23.8 Å². The van der Waals surface area contributed by atoms with E-state index in [-0.39, 0.29) is 28.8 Å². The molecule has 1 aromatic rings. The van der Waals surface area contributed by atoms with Gasteiger partial charge >= 0.3 is 0 Å². The van der Waals surface area contributed by atoms with E-state index in [0.717, 1.165) is 5.57 Å². The van der Waals surface area contributed by atoms with Gasteiger partial charge in [-0.3, -0.25) is 4.79 Å². The average molecular weight is 278 g/mol. The highest BCUT2D eigenvalue weighted by atomic mass is 16.5. The van der Waals surface area contributed by atoms with Crippen LogP contribution in [0.3, 0.4) is 0 Å². The Kier molecular flexibility index (Phi) is 5.62. The van der Waals surface area contributed by atoms with E-state index in [9.17, 15) is 15.0 Å². The van der Waals surface area contributed by atoms with E-state index in [1.807, 2.05) is 26.8 Å². The minimum Gasteiger partial charge on any atom is -0.507 e. The molecular formula is C16H22O4. The lowest BCUT2D eigenvalue weighted by Gasteiger charge is -2.13. The minimum absolute atomic E-state index is 0.0334. The Morgan fingerprint density at radius 1 is 1.30 bits per heavy atom. The summed E-state index contributed by atoms with van der Waals surface area (Å²) in [7, 11) is 0. The van der Waals surface area contributed by atoms with Gasteiger partial charge in [0.2, 0.25) is 0 Å². The second-order valence-corrected chi connectivity index (χ2v) is 5.10. The zero-order chi connectivity index (χ0) is 15.3. The van der Waals surface area contributed by atoms with Crippen LogP contribution in [-0.2, 0) is 0 Å². The summed E-state index contributed by atoms with van der Waals surface area (Å²) in [4.78, 5) is 12.1.